The minimum absolute atomic E-state index is 0.231. The van der Waals surface area contributed by atoms with Crippen molar-refractivity contribution in [2.45, 2.75) is 13.0 Å². The SMILES string of the molecule is CN=C(NCCC(=O)OC)NCc1ccsc1. The van der Waals surface area contributed by atoms with Crippen molar-refractivity contribution in [2.75, 3.05) is 20.7 Å². The molecule has 0 aliphatic carbocycles. The molecule has 0 spiro atoms. The minimum atomic E-state index is -0.231. The Bertz CT molecular complexity index is 363. The van der Waals surface area contributed by atoms with Crippen LogP contribution in [-0.2, 0) is 16.1 Å². The van der Waals surface area contributed by atoms with Gasteiger partial charge >= 0.3 is 5.97 Å². The van der Waals surface area contributed by atoms with Crippen molar-refractivity contribution < 1.29 is 9.53 Å². The van der Waals surface area contributed by atoms with Gasteiger partial charge < -0.3 is 15.4 Å². The highest BCUT2D eigenvalue weighted by Gasteiger charge is 2.01. The van der Waals surface area contributed by atoms with Gasteiger partial charge in [-0.3, -0.25) is 9.79 Å². The standard InChI is InChI=1S/C11H17N3O2S/c1-12-11(13-5-3-10(15)16-2)14-7-9-4-6-17-8-9/h4,6,8H,3,5,7H2,1-2H3,(H2,12,13,14). The van der Waals surface area contributed by atoms with Crippen molar-refractivity contribution in [3.63, 3.8) is 0 Å². The van der Waals surface area contributed by atoms with E-state index in [1.807, 2.05) is 5.38 Å². The molecule has 0 bridgehead atoms. The summed E-state index contributed by atoms with van der Waals surface area (Å²) in [6.45, 7) is 1.23. The molecule has 6 heteroatoms. The first kappa shape index (κ1) is 13.5. The lowest BCUT2D eigenvalue weighted by Crippen LogP contribution is -2.37. The lowest BCUT2D eigenvalue weighted by Gasteiger charge is -2.10. The number of hydrogen-bond donors (Lipinski definition) is 2. The van der Waals surface area contributed by atoms with Crippen LogP contribution in [-0.4, -0.2) is 32.6 Å². The second-order valence-corrected chi connectivity index (χ2v) is 4.09. The smallest absolute Gasteiger partial charge is 0.307 e. The fraction of sp³-hybridized carbons (Fsp3) is 0.455. The summed E-state index contributed by atoms with van der Waals surface area (Å²) in [5.74, 6) is 0.450. The third-order valence-electron chi connectivity index (χ3n) is 2.11. The molecule has 0 atom stereocenters. The van der Waals surface area contributed by atoms with Crippen LogP contribution >= 0.6 is 11.3 Å². The Kier molecular flexibility index (Phi) is 6.09. The molecular formula is C11H17N3O2S. The van der Waals surface area contributed by atoms with E-state index in [0.717, 1.165) is 6.54 Å². The summed E-state index contributed by atoms with van der Waals surface area (Å²) in [5.41, 5.74) is 1.21. The number of thiophene rings is 1. The largest absolute Gasteiger partial charge is 0.469 e. The Morgan fingerprint density at radius 3 is 2.94 bits per heavy atom. The first-order valence-electron chi connectivity index (χ1n) is 5.28. The van der Waals surface area contributed by atoms with Crippen LogP contribution in [0.5, 0.6) is 0 Å². The lowest BCUT2D eigenvalue weighted by atomic mass is 10.3. The van der Waals surface area contributed by atoms with Gasteiger partial charge in [0.25, 0.3) is 0 Å². The normalized spacial score (nSPS) is 11.1. The maximum Gasteiger partial charge on any atom is 0.307 e. The van der Waals surface area contributed by atoms with E-state index < -0.39 is 0 Å². The number of ether oxygens (including phenoxy) is 1. The molecule has 1 aromatic rings. The maximum atomic E-state index is 10.9. The Labute approximate surface area is 105 Å². The van der Waals surface area contributed by atoms with Crippen LogP contribution in [0, 0.1) is 0 Å². The van der Waals surface area contributed by atoms with E-state index in [1.165, 1.54) is 12.7 Å². The molecule has 5 nitrogen and oxygen atoms in total. The molecule has 0 unspecified atom stereocenters. The molecule has 1 heterocycles. The molecule has 1 aromatic heterocycles. The van der Waals surface area contributed by atoms with Crippen molar-refractivity contribution in [1.29, 1.82) is 0 Å². The molecule has 0 aliphatic heterocycles. The van der Waals surface area contributed by atoms with Gasteiger partial charge in [-0.15, -0.1) is 0 Å². The van der Waals surface area contributed by atoms with Gasteiger partial charge in [-0.1, -0.05) is 0 Å². The van der Waals surface area contributed by atoms with Crippen molar-refractivity contribution in [3.05, 3.63) is 22.4 Å². The summed E-state index contributed by atoms with van der Waals surface area (Å²) in [5, 5.41) is 10.3. The van der Waals surface area contributed by atoms with Gasteiger partial charge in [0, 0.05) is 20.1 Å². The summed E-state index contributed by atoms with van der Waals surface area (Å²) in [4.78, 5) is 15.0. The van der Waals surface area contributed by atoms with E-state index in [9.17, 15) is 4.79 Å². The van der Waals surface area contributed by atoms with E-state index in [2.05, 4.69) is 31.8 Å². The van der Waals surface area contributed by atoms with Gasteiger partial charge in [-0.2, -0.15) is 11.3 Å². The number of methoxy groups -OCH3 is 1. The average molecular weight is 255 g/mol. The maximum absolute atomic E-state index is 10.9. The molecule has 0 radical (unpaired) electrons. The van der Waals surface area contributed by atoms with Gasteiger partial charge in [0.05, 0.1) is 13.5 Å². The fourth-order valence-corrected chi connectivity index (χ4v) is 1.85. The second kappa shape index (κ2) is 7.67. The molecule has 2 N–H and O–H groups in total. The van der Waals surface area contributed by atoms with Crippen LogP contribution in [0.4, 0.5) is 0 Å². The number of carbonyl (C=O) groups excluding carboxylic acids is 1. The highest BCUT2D eigenvalue weighted by molar-refractivity contribution is 7.07. The third kappa shape index (κ3) is 5.35. The van der Waals surface area contributed by atoms with E-state index in [0.29, 0.717) is 18.9 Å². The van der Waals surface area contributed by atoms with Gasteiger partial charge in [-0.05, 0) is 22.4 Å². The second-order valence-electron chi connectivity index (χ2n) is 3.31. The molecule has 94 valence electrons. The van der Waals surface area contributed by atoms with Gasteiger partial charge in [0.1, 0.15) is 0 Å². The van der Waals surface area contributed by atoms with Crippen LogP contribution < -0.4 is 10.6 Å². The van der Waals surface area contributed by atoms with Crippen LogP contribution in [0.15, 0.2) is 21.8 Å². The Morgan fingerprint density at radius 2 is 2.35 bits per heavy atom. The number of carbonyl (C=O) groups is 1. The fourth-order valence-electron chi connectivity index (χ4n) is 1.18. The minimum Gasteiger partial charge on any atom is -0.469 e. The van der Waals surface area contributed by atoms with E-state index >= 15 is 0 Å². The van der Waals surface area contributed by atoms with E-state index in [1.54, 1.807) is 18.4 Å². The molecule has 0 saturated carbocycles. The average Bonchev–Trinajstić information content (AvgIpc) is 2.86. The predicted octanol–water partition coefficient (Wildman–Crippen LogP) is 0.976. The van der Waals surface area contributed by atoms with Crippen LogP contribution in [0.25, 0.3) is 0 Å². The summed E-state index contributed by atoms with van der Waals surface area (Å²) in [7, 11) is 3.08. The van der Waals surface area contributed by atoms with Crippen molar-refractivity contribution in [1.82, 2.24) is 10.6 Å². The summed E-state index contributed by atoms with van der Waals surface area (Å²) in [6, 6.07) is 2.05. The monoisotopic (exact) mass is 255 g/mol. The van der Waals surface area contributed by atoms with E-state index in [4.69, 9.17) is 0 Å². The molecule has 1 rings (SSSR count). The number of aliphatic imine (C=N–C) groups is 1. The molecule has 0 amide bonds. The van der Waals surface area contributed by atoms with Crippen LogP contribution in [0.1, 0.15) is 12.0 Å². The molecule has 0 aromatic carbocycles. The van der Waals surface area contributed by atoms with Crippen molar-refractivity contribution in [2.24, 2.45) is 4.99 Å². The topological polar surface area (TPSA) is 62.7 Å². The first-order chi connectivity index (χ1) is 8.26. The Morgan fingerprint density at radius 1 is 1.53 bits per heavy atom. The summed E-state index contributed by atoms with van der Waals surface area (Å²) in [6.07, 6.45) is 0.329. The lowest BCUT2D eigenvalue weighted by molar-refractivity contribution is -0.140. The summed E-state index contributed by atoms with van der Waals surface area (Å²) >= 11 is 1.66. The molecule has 0 fully saturated rings. The van der Waals surface area contributed by atoms with Gasteiger partial charge in [0.2, 0.25) is 0 Å². The number of esters is 1. The van der Waals surface area contributed by atoms with Crippen LogP contribution in [0.2, 0.25) is 0 Å². The first-order valence-corrected chi connectivity index (χ1v) is 6.23. The zero-order valence-corrected chi connectivity index (χ0v) is 10.8. The Balaban J connectivity index is 2.23. The number of guanidine groups is 1. The van der Waals surface area contributed by atoms with E-state index in [-0.39, 0.29) is 5.97 Å². The zero-order chi connectivity index (χ0) is 12.5. The van der Waals surface area contributed by atoms with Gasteiger partial charge in [-0.25, -0.2) is 0 Å². The third-order valence-corrected chi connectivity index (χ3v) is 2.84. The highest BCUT2D eigenvalue weighted by Crippen LogP contribution is 2.04. The molecule has 17 heavy (non-hydrogen) atoms. The van der Waals surface area contributed by atoms with Gasteiger partial charge in [0.15, 0.2) is 5.96 Å². The van der Waals surface area contributed by atoms with Crippen molar-refractivity contribution >= 4 is 23.3 Å². The van der Waals surface area contributed by atoms with Crippen LogP contribution in [0.3, 0.4) is 0 Å². The number of nitrogens with one attached hydrogen (secondary N) is 2. The zero-order valence-electron chi connectivity index (χ0n) is 10.0. The Hall–Kier alpha value is -1.56. The quantitative estimate of drug-likeness (QED) is 0.468. The number of hydrogen-bond acceptors (Lipinski definition) is 4. The summed E-state index contributed by atoms with van der Waals surface area (Å²) < 4.78 is 4.55. The van der Waals surface area contributed by atoms with Crippen molar-refractivity contribution in [3.8, 4) is 0 Å². The predicted molar refractivity (Wildman–Crippen MR) is 69.2 cm³/mol. The molecule has 0 aliphatic rings. The molecular weight excluding hydrogens is 238 g/mol. The molecule has 0 saturated heterocycles. The number of rotatable bonds is 5. The highest BCUT2D eigenvalue weighted by atomic mass is 32.1. The number of nitrogens with zero attached hydrogens (tertiary/aromatic N) is 1.